The fraction of sp³-hybridized carbons (Fsp3) is 0.342. The molecule has 8 nitrogen and oxygen atoms in total. The van der Waals surface area contributed by atoms with Gasteiger partial charge in [-0.1, -0.05) is 104 Å². The monoisotopic (exact) mass is 620 g/mol. The van der Waals surface area contributed by atoms with Crippen LogP contribution in [0, 0.1) is 5.92 Å². The van der Waals surface area contributed by atoms with E-state index in [0.29, 0.717) is 12.2 Å². The summed E-state index contributed by atoms with van der Waals surface area (Å²) in [5, 5.41) is 15.5. The van der Waals surface area contributed by atoms with Crippen LogP contribution in [0.2, 0.25) is 0 Å². The molecule has 4 aromatic rings. The lowest BCUT2D eigenvalue weighted by Crippen LogP contribution is -2.51. The topological polar surface area (TPSA) is 86.3 Å². The molecule has 0 saturated carbocycles. The zero-order chi connectivity index (χ0) is 31.7. The lowest BCUT2D eigenvalue weighted by molar-refractivity contribution is -0.276. The second-order valence-electron chi connectivity index (χ2n) is 12.3. The van der Waals surface area contributed by atoms with Crippen molar-refractivity contribution < 1.29 is 19.4 Å². The Morgan fingerprint density at radius 3 is 2.13 bits per heavy atom. The van der Waals surface area contributed by atoms with E-state index in [1.54, 1.807) is 0 Å². The number of urea groups is 1. The van der Waals surface area contributed by atoms with Crippen molar-refractivity contribution in [3.63, 3.8) is 0 Å². The van der Waals surface area contributed by atoms with Crippen molar-refractivity contribution in [2.45, 2.75) is 45.1 Å². The summed E-state index contributed by atoms with van der Waals surface area (Å²) in [6, 6.07) is 35.9. The van der Waals surface area contributed by atoms with Crippen molar-refractivity contribution >= 4 is 11.7 Å². The van der Waals surface area contributed by atoms with Crippen molar-refractivity contribution in [1.29, 1.82) is 0 Å². The second kappa shape index (κ2) is 15.5. The minimum absolute atomic E-state index is 0.00465. The second-order valence-corrected chi connectivity index (χ2v) is 12.3. The lowest BCUT2D eigenvalue weighted by atomic mass is 9.90. The molecule has 4 aromatic carbocycles. The maximum Gasteiger partial charge on any atom is 0.319 e. The van der Waals surface area contributed by atoms with E-state index in [-0.39, 0.29) is 30.8 Å². The average molecular weight is 621 g/mol. The van der Waals surface area contributed by atoms with E-state index in [1.807, 2.05) is 78.9 Å². The summed E-state index contributed by atoms with van der Waals surface area (Å²) in [7, 11) is 0. The minimum atomic E-state index is -0.600. The molecular weight excluding hydrogens is 576 g/mol. The summed E-state index contributed by atoms with van der Waals surface area (Å²) >= 11 is 0. The van der Waals surface area contributed by atoms with Crippen LogP contribution in [0.15, 0.2) is 109 Å². The number of carbonyl (C=O) groups excluding carboxylic acids is 1. The van der Waals surface area contributed by atoms with Gasteiger partial charge in [-0.25, -0.2) is 4.79 Å². The third kappa shape index (κ3) is 8.40. The maximum absolute atomic E-state index is 12.7. The van der Waals surface area contributed by atoms with E-state index < -0.39 is 6.29 Å². The number of benzene rings is 4. The van der Waals surface area contributed by atoms with Crippen LogP contribution >= 0.6 is 0 Å². The fourth-order valence-electron chi connectivity index (χ4n) is 6.27. The van der Waals surface area contributed by atoms with Crippen LogP contribution in [-0.2, 0) is 29.2 Å². The molecule has 2 aliphatic rings. The number of aliphatic hydroxyl groups is 1. The predicted molar refractivity (Wildman–Crippen MR) is 180 cm³/mol. The SMILES string of the molecule is C[C@H]1[C@@H](CN2CCN(Cc3ccccc3)CC2)O[C@@H](c2cccc(NC(=O)NCc3ccccc3)c2)O[C@H]1c1ccc(CO)cc1. The van der Waals surface area contributed by atoms with Crippen molar-refractivity contribution in [2.24, 2.45) is 5.92 Å². The molecule has 0 unspecified atom stereocenters. The van der Waals surface area contributed by atoms with Crippen LogP contribution in [-0.4, -0.2) is 59.8 Å². The first-order valence-electron chi connectivity index (χ1n) is 16.2. The summed E-state index contributed by atoms with van der Waals surface area (Å²) < 4.78 is 13.4. The van der Waals surface area contributed by atoms with Gasteiger partial charge in [-0.3, -0.25) is 9.80 Å². The number of hydrogen-bond acceptors (Lipinski definition) is 6. The standard InChI is InChI=1S/C38H44N4O4/c1-28-35(26-42-21-19-41(20-22-42)25-30-11-6-3-7-12-30)45-37(46-36(28)32-17-15-31(27-43)16-18-32)33-13-8-14-34(23-33)40-38(44)39-24-29-9-4-2-5-10-29/h2-18,23,28,35-37,43H,19-22,24-27H2,1H3,(H2,39,40,44)/t28-,35+,36+,37+/m0/s1. The van der Waals surface area contributed by atoms with E-state index in [1.165, 1.54) is 5.56 Å². The maximum atomic E-state index is 12.7. The zero-order valence-electron chi connectivity index (χ0n) is 26.4. The molecule has 2 heterocycles. The molecule has 0 aliphatic carbocycles. The number of anilines is 1. The highest BCUT2D eigenvalue weighted by atomic mass is 16.7. The van der Waals surface area contributed by atoms with Crippen molar-refractivity contribution in [3.05, 3.63) is 137 Å². The van der Waals surface area contributed by atoms with Crippen LogP contribution in [0.4, 0.5) is 10.5 Å². The Morgan fingerprint density at radius 1 is 0.761 bits per heavy atom. The number of aliphatic hydroxyl groups excluding tert-OH is 1. The van der Waals surface area contributed by atoms with E-state index in [9.17, 15) is 9.90 Å². The number of amides is 2. The first-order chi connectivity index (χ1) is 22.5. The third-order valence-electron chi connectivity index (χ3n) is 8.99. The van der Waals surface area contributed by atoms with Crippen LogP contribution in [0.1, 0.15) is 47.1 Å². The number of piperazine rings is 1. The van der Waals surface area contributed by atoms with Gasteiger partial charge in [0.25, 0.3) is 0 Å². The summed E-state index contributed by atoms with van der Waals surface area (Å²) in [6.07, 6.45) is -0.855. The first-order valence-corrected chi connectivity index (χ1v) is 16.2. The molecule has 2 saturated heterocycles. The molecule has 0 bridgehead atoms. The molecule has 8 heteroatoms. The molecule has 0 radical (unpaired) electrons. The Bertz CT molecular complexity index is 1530. The molecule has 46 heavy (non-hydrogen) atoms. The Balaban J connectivity index is 1.13. The number of hydrogen-bond donors (Lipinski definition) is 3. The predicted octanol–water partition coefficient (Wildman–Crippen LogP) is 6.11. The van der Waals surface area contributed by atoms with Crippen LogP contribution in [0.5, 0.6) is 0 Å². The van der Waals surface area contributed by atoms with Gasteiger partial charge in [0.15, 0.2) is 6.29 Å². The highest BCUT2D eigenvalue weighted by Gasteiger charge is 2.39. The molecule has 6 rings (SSSR count). The van der Waals surface area contributed by atoms with Gasteiger partial charge >= 0.3 is 6.03 Å². The van der Waals surface area contributed by atoms with Gasteiger partial charge in [-0.15, -0.1) is 0 Å². The highest BCUT2D eigenvalue weighted by molar-refractivity contribution is 5.89. The molecule has 2 aliphatic heterocycles. The van der Waals surface area contributed by atoms with E-state index in [2.05, 4.69) is 57.7 Å². The van der Waals surface area contributed by atoms with Gasteiger partial charge in [-0.05, 0) is 34.4 Å². The third-order valence-corrected chi connectivity index (χ3v) is 8.99. The number of nitrogens with one attached hydrogen (secondary N) is 2. The molecular formula is C38H44N4O4. The van der Waals surface area contributed by atoms with E-state index in [0.717, 1.165) is 61.5 Å². The quantitative estimate of drug-likeness (QED) is 0.198. The molecule has 4 atom stereocenters. The number of carbonyl (C=O) groups is 1. The van der Waals surface area contributed by atoms with Crippen molar-refractivity contribution in [2.75, 3.05) is 38.0 Å². The zero-order valence-corrected chi connectivity index (χ0v) is 26.4. The lowest BCUT2D eigenvalue weighted by Gasteiger charge is -2.44. The molecule has 2 amide bonds. The van der Waals surface area contributed by atoms with Crippen molar-refractivity contribution in [3.8, 4) is 0 Å². The number of rotatable bonds is 10. The summed E-state index contributed by atoms with van der Waals surface area (Å²) in [6.45, 7) is 8.43. The fourth-order valence-corrected chi connectivity index (χ4v) is 6.27. The normalized spacial score (nSPS) is 22.3. The average Bonchev–Trinajstić information content (AvgIpc) is 3.10. The number of ether oxygens (including phenoxy) is 2. The van der Waals surface area contributed by atoms with Gasteiger partial charge in [-0.2, -0.15) is 0 Å². The van der Waals surface area contributed by atoms with Crippen LogP contribution in [0.25, 0.3) is 0 Å². The van der Waals surface area contributed by atoms with Gasteiger partial charge in [0.2, 0.25) is 0 Å². The molecule has 3 N–H and O–H groups in total. The Kier molecular flexibility index (Phi) is 10.7. The van der Waals surface area contributed by atoms with E-state index >= 15 is 0 Å². The largest absolute Gasteiger partial charge is 0.392 e. The molecule has 240 valence electrons. The van der Waals surface area contributed by atoms with Crippen LogP contribution in [0.3, 0.4) is 0 Å². The first kappa shape index (κ1) is 31.9. The summed E-state index contributed by atoms with van der Waals surface area (Å²) in [5.41, 5.74) is 5.83. The van der Waals surface area contributed by atoms with Gasteiger partial charge < -0.3 is 25.2 Å². The molecule has 0 aromatic heterocycles. The van der Waals surface area contributed by atoms with Gasteiger partial charge in [0.1, 0.15) is 0 Å². The van der Waals surface area contributed by atoms with Crippen molar-refractivity contribution in [1.82, 2.24) is 15.1 Å². The Labute approximate surface area is 272 Å². The Hall–Kier alpha value is -4.05. The molecule has 2 fully saturated rings. The van der Waals surface area contributed by atoms with E-state index in [4.69, 9.17) is 9.47 Å². The highest BCUT2D eigenvalue weighted by Crippen LogP contribution is 2.42. The number of nitrogens with zero attached hydrogens (tertiary/aromatic N) is 2. The van der Waals surface area contributed by atoms with Crippen LogP contribution < -0.4 is 10.6 Å². The van der Waals surface area contributed by atoms with Gasteiger partial charge in [0, 0.05) is 63.0 Å². The smallest absolute Gasteiger partial charge is 0.319 e. The summed E-state index contributed by atoms with van der Waals surface area (Å²) in [5.74, 6) is 0.101. The summed E-state index contributed by atoms with van der Waals surface area (Å²) in [4.78, 5) is 17.7. The molecule has 0 spiro atoms. The minimum Gasteiger partial charge on any atom is -0.392 e. The Morgan fingerprint density at radius 2 is 1.43 bits per heavy atom. The van der Waals surface area contributed by atoms with Gasteiger partial charge in [0.05, 0.1) is 18.8 Å².